The average molecular weight is 527 g/mol. The fraction of sp³-hybridized carbons (Fsp3) is 0.235. The van der Waals surface area contributed by atoms with E-state index in [9.17, 15) is 8.78 Å². The van der Waals surface area contributed by atoms with Gasteiger partial charge in [0.05, 0.1) is 19.3 Å². The molecule has 0 radical (unpaired) electrons. The second-order valence-electron chi connectivity index (χ2n) is 9.69. The lowest BCUT2D eigenvalue weighted by Crippen LogP contribution is -2.22. The van der Waals surface area contributed by atoms with E-state index in [1.54, 1.807) is 6.92 Å². The predicted octanol–water partition coefficient (Wildman–Crippen LogP) is 8.73. The van der Waals surface area contributed by atoms with Crippen molar-refractivity contribution in [3.8, 4) is 33.8 Å². The van der Waals surface area contributed by atoms with Crippen LogP contribution in [0.3, 0.4) is 0 Å². The van der Waals surface area contributed by atoms with Gasteiger partial charge < -0.3 is 14.2 Å². The van der Waals surface area contributed by atoms with Crippen molar-refractivity contribution >= 4 is 0 Å². The van der Waals surface area contributed by atoms with E-state index in [4.69, 9.17) is 14.2 Å². The van der Waals surface area contributed by atoms with Crippen molar-refractivity contribution in [2.75, 3.05) is 13.2 Å². The van der Waals surface area contributed by atoms with E-state index in [-0.39, 0.29) is 30.8 Å². The van der Waals surface area contributed by atoms with Crippen LogP contribution in [0.5, 0.6) is 11.5 Å². The smallest absolute Gasteiger partial charge is 0.204 e. The van der Waals surface area contributed by atoms with E-state index >= 15 is 0 Å². The van der Waals surface area contributed by atoms with Crippen molar-refractivity contribution in [3.05, 3.63) is 120 Å². The van der Waals surface area contributed by atoms with Crippen molar-refractivity contribution in [3.63, 3.8) is 0 Å². The molecule has 1 aliphatic rings. The fourth-order valence-corrected chi connectivity index (χ4v) is 4.87. The highest BCUT2D eigenvalue weighted by Crippen LogP contribution is 2.32. The number of ether oxygens (including phenoxy) is 3. The Bertz CT molecular complexity index is 1390. The molecule has 1 fully saturated rings. The predicted molar refractivity (Wildman–Crippen MR) is 151 cm³/mol. The third-order valence-corrected chi connectivity index (χ3v) is 7.17. The summed E-state index contributed by atoms with van der Waals surface area (Å²) in [6.45, 7) is 6.67. The molecule has 4 aromatic carbocycles. The summed E-state index contributed by atoms with van der Waals surface area (Å²) in [6, 6.07) is 27.9. The number of hydrogen-bond acceptors (Lipinski definition) is 3. The highest BCUT2D eigenvalue weighted by molar-refractivity contribution is 5.70. The summed E-state index contributed by atoms with van der Waals surface area (Å²) in [5.41, 5.74) is 6.67. The van der Waals surface area contributed by atoms with E-state index in [1.807, 2.05) is 30.3 Å². The maximum Gasteiger partial charge on any atom is 0.204 e. The van der Waals surface area contributed by atoms with Gasteiger partial charge in [-0.3, -0.25) is 0 Å². The van der Waals surface area contributed by atoms with Gasteiger partial charge in [-0.05, 0) is 65.3 Å². The third-order valence-electron chi connectivity index (χ3n) is 7.17. The minimum absolute atomic E-state index is 0.119. The molecule has 0 amide bonds. The minimum atomic E-state index is -1.04. The summed E-state index contributed by atoms with van der Waals surface area (Å²) in [4.78, 5) is 0. The Labute approximate surface area is 228 Å². The first-order chi connectivity index (χ1) is 19.1. The second-order valence-corrected chi connectivity index (χ2v) is 9.69. The molecule has 2 atom stereocenters. The SMILES string of the molecule is C=CC1CCC(c2ccc(-c3ccc(-c4ccc(COc5ccc(OCC)c(F)c5F)cc4)cc3)cc2)CO1. The Kier molecular flexibility index (Phi) is 8.38. The first-order valence-electron chi connectivity index (χ1n) is 13.3. The van der Waals surface area contributed by atoms with Crippen LogP contribution in [0.1, 0.15) is 36.8 Å². The van der Waals surface area contributed by atoms with E-state index in [0.29, 0.717) is 5.92 Å². The van der Waals surface area contributed by atoms with E-state index in [1.165, 1.54) is 23.3 Å². The lowest BCUT2D eigenvalue weighted by molar-refractivity contribution is 0.0329. The van der Waals surface area contributed by atoms with Crippen LogP contribution in [0.25, 0.3) is 22.3 Å². The first kappa shape index (κ1) is 26.6. The van der Waals surface area contributed by atoms with Crippen LogP contribution in [-0.4, -0.2) is 19.3 Å². The monoisotopic (exact) mass is 526 g/mol. The van der Waals surface area contributed by atoms with Gasteiger partial charge in [0, 0.05) is 5.92 Å². The molecule has 0 spiro atoms. The van der Waals surface area contributed by atoms with Crippen molar-refractivity contribution < 1.29 is 23.0 Å². The van der Waals surface area contributed by atoms with Gasteiger partial charge in [0.15, 0.2) is 11.5 Å². The summed E-state index contributed by atoms with van der Waals surface area (Å²) in [6.07, 6.45) is 4.21. The fourth-order valence-electron chi connectivity index (χ4n) is 4.87. The molecule has 2 unspecified atom stereocenters. The lowest BCUT2D eigenvalue weighted by atomic mass is 9.90. The number of rotatable bonds is 9. The maximum atomic E-state index is 14.3. The quantitative estimate of drug-likeness (QED) is 0.204. The third kappa shape index (κ3) is 6.21. The van der Waals surface area contributed by atoms with E-state index in [2.05, 4.69) is 55.1 Å². The molecular formula is C34H32F2O3. The Hall–Kier alpha value is -3.96. The summed E-state index contributed by atoms with van der Waals surface area (Å²) in [5, 5.41) is 0. The number of hydrogen-bond donors (Lipinski definition) is 0. The van der Waals surface area contributed by atoms with E-state index in [0.717, 1.165) is 41.7 Å². The Morgan fingerprint density at radius 2 is 1.26 bits per heavy atom. The molecule has 4 aromatic rings. The number of halogens is 2. The molecule has 0 bridgehead atoms. The van der Waals surface area contributed by atoms with Crippen LogP contribution < -0.4 is 9.47 Å². The molecule has 0 aliphatic carbocycles. The topological polar surface area (TPSA) is 27.7 Å². The molecule has 1 aliphatic heterocycles. The zero-order valence-corrected chi connectivity index (χ0v) is 22.0. The largest absolute Gasteiger partial charge is 0.491 e. The molecule has 200 valence electrons. The van der Waals surface area contributed by atoms with Crippen molar-refractivity contribution in [1.29, 1.82) is 0 Å². The summed E-state index contributed by atoms with van der Waals surface area (Å²) >= 11 is 0. The van der Waals surface area contributed by atoms with Crippen molar-refractivity contribution in [1.82, 2.24) is 0 Å². The Morgan fingerprint density at radius 3 is 1.74 bits per heavy atom. The van der Waals surface area contributed by atoms with Gasteiger partial charge in [-0.2, -0.15) is 8.78 Å². The van der Waals surface area contributed by atoms with Crippen molar-refractivity contribution in [2.24, 2.45) is 0 Å². The lowest BCUT2D eigenvalue weighted by Gasteiger charge is -2.27. The average Bonchev–Trinajstić information content (AvgIpc) is 3.00. The maximum absolute atomic E-state index is 14.3. The van der Waals surface area contributed by atoms with Gasteiger partial charge in [0.2, 0.25) is 11.6 Å². The van der Waals surface area contributed by atoms with Gasteiger partial charge in [-0.1, -0.05) is 78.9 Å². The van der Waals surface area contributed by atoms with Crippen LogP contribution in [-0.2, 0) is 11.3 Å². The molecule has 39 heavy (non-hydrogen) atoms. The summed E-state index contributed by atoms with van der Waals surface area (Å²) in [7, 11) is 0. The van der Waals surface area contributed by atoms with Gasteiger partial charge in [-0.25, -0.2) is 0 Å². The van der Waals surface area contributed by atoms with Gasteiger partial charge in [0.25, 0.3) is 0 Å². The van der Waals surface area contributed by atoms with Crippen LogP contribution in [0.4, 0.5) is 8.78 Å². The highest BCUT2D eigenvalue weighted by atomic mass is 19.2. The van der Waals surface area contributed by atoms with Crippen molar-refractivity contribution in [2.45, 2.75) is 38.4 Å². The zero-order valence-electron chi connectivity index (χ0n) is 22.0. The van der Waals surface area contributed by atoms with Crippen LogP contribution in [0, 0.1) is 11.6 Å². The molecule has 5 heteroatoms. The van der Waals surface area contributed by atoms with Crippen LogP contribution in [0.15, 0.2) is 97.6 Å². The normalized spacial score (nSPS) is 17.0. The van der Waals surface area contributed by atoms with E-state index < -0.39 is 11.6 Å². The van der Waals surface area contributed by atoms with Gasteiger partial charge in [0.1, 0.15) is 6.61 Å². The highest BCUT2D eigenvalue weighted by Gasteiger charge is 2.21. The standard InChI is InChI=1S/C34H32F2O3/c1-3-30-18-17-29(22-38-30)28-15-13-27(14-16-28)26-11-9-25(10-12-26)24-7-5-23(6-8-24)21-39-32-20-19-31(37-4-2)33(35)34(32)36/h3,5-16,19-20,29-30H,1,4,17-18,21-22H2,2H3. The van der Waals surface area contributed by atoms with Crippen LogP contribution in [0.2, 0.25) is 0 Å². The molecule has 0 saturated carbocycles. The molecule has 0 N–H and O–H groups in total. The molecular weight excluding hydrogens is 494 g/mol. The molecule has 1 saturated heterocycles. The summed E-state index contributed by atoms with van der Waals surface area (Å²) < 4.78 is 44.8. The Morgan fingerprint density at radius 1 is 0.744 bits per heavy atom. The molecule has 3 nitrogen and oxygen atoms in total. The van der Waals surface area contributed by atoms with Crippen LogP contribution >= 0.6 is 0 Å². The first-order valence-corrected chi connectivity index (χ1v) is 13.3. The molecule has 1 heterocycles. The van der Waals surface area contributed by atoms with Gasteiger partial charge >= 0.3 is 0 Å². The summed E-state index contributed by atoms with van der Waals surface area (Å²) in [5.74, 6) is -1.91. The van der Waals surface area contributed by atoms with Gasteiger partial charge in [-0.15, -0.1) is 6.58 Å². The molecule has 5 rings (SSSR count). The second kappa shape index (κ2) is 12.3. The zero-order chi connectivity index (χ0) is 27.2. The number of benzene rings is 4. The molecule has 0 aromatic heterocycles. The minimum Gasteiger partial charge on any atom is -0.491 e. The Balaban J connectivity index is 1.19.